The molecule has 2 aromatic carbocycles. The fourth-order valence-electron chi connectivity index (χ4n) is 2.74. The molecule has 0 spiro atoms. The number of amides is 1. The first-order chi connectivity index (χ1) is 14.0. The van der Waals surface area contributed by atoms with E-state index in [0.29, 0.717) is 29.1 Å². The van der Waals surface area contributed by atoms with E-state index in [4.69, 9.17) is 0 Å². The SMILES string of the molecule is CCCCCC(=O)Nc1ccc(C(=O)Cn2nnc(-c3ccc(F)cc3)n2)cc1. The van der Waals surface area contributed by atoms with Gasteiger partial charge in [-0.1, -0.05) is 19.8 Å². The number of hydrogen-bond donors (Lipinski definition) is 1. The third-order valence-corrected chi connectivity index (χ3v) is 4.34. The summed E-state index contributed by atoms with van der Waals surface area (Å²) in [7, 11) is 0. The van der Waals surface area contributed by atoms with Gasteiger partial charge in [-0.05, 0) is 60.2 Å². The number of nitrogens with one attached hydrogen (secondary N) is 1. The van der Waals surface area contributed by atoms with E-state index in [0.717, 1.165) is 19.3 Å². The Balaban J connectivity index is 1.57. The minimum absolute atomic E-state index is 0.0299. The molecule has 1 heterocycles. The molecule has 1 amide bonds. The number of Topliss-reactive ketones (excluding diaryl/α,β-unsaturated/α-hetero) is 1. The molecule has 0 aliphatic heterocycles. The van der Waals surface area contributed by atoms with Crippen molar-refractivity contribution >= 4 is 17.4 Å². The minimum Gasteiger partial charge on any atom is -0.326 e. The lowest BCUT2D eigenvalue weighted by Gasteiger charge is -2.06. The highest BCUT2D eigenvalue weighted by atomic mass is 19.1. The van der Waals surface area contributed by atoms with E-state index in [-0.39, 0.29) is 24.1 Å². The number of nitrogens with zero attached hydrogens (tertiary/aromatic N) is 4. The number of carbonyl (C=O) groups is 2. The number of ketones is 1. The van der Waals surface area contributed by atoms with Crippen LogP contribution < -0.4 is 5.32 Å². The standard InChI is InChI=1S/C21H22FN5O2/c1-2-3-4-5-20(29)23-18-12-8-15(9-13-18)19(28)14-27-25-21(24-26-27)16-6-10-17(22)11-7-16/h6-13H,2-5,14H2,1H3,(H,23,29). The highest BCUT2D eigenvalue weighted by Crippen LogP contribution is 2.15. The fourth-order valence-corrected chi connectivity index (χ4v) is 2.74. The lowest BCUT2D eigenvalue weighted by molar-refractivity contribution is -0.116. The van der Waals surface area contributed by atoms with Crippen LogP contribution >= 0.6 is 0 Å². The largest absolute Gasteiger partial charge is 0.326 e. The summed E-state index contributed by atoms with van der Waals surface area (Å²) >= 11 is 0. The normalized spacial score (nSPS) is 10.7. The second-order valence-corrected chi connectivity index (χ2v) is 6.66. The molecule has 29 heavy (non-hydrogen) atoms. The molecule has 0 aliphatic rings. The Kier molecular flexibility index (Phi) is 6.78. The van der Waals surface area contributed by atoms with Crippen LogP contribution in [0.15, 0.2) is 48.5 Å². The Morgan fingerprint density at radius 2 is 1.76 bits per heavy atom. The van der Waals surface area contributed by atoms with Gasteiger partial charge in [-0.3, -0.25) is 9.59 Å². The van der Waals surface area contributed by atoms with Crippen molar-refractivity contribution in [2.24, 2.45) is 0 Å². The number of carbonyl (C=O) groups excluding carboxylic acids is 2. The number of anilines is 1. The number of rotatable bonds is 9. The van der Waals surface area contributed by atoms with Crippen LogP contribution in [0.1, 0.15) is 43.0 Å². The van der Waals surface area contributed by atoms with Gasteiger partial charge in [-0.2, -0.15) is 4.80 Å². The summed E-state index contributed by atoms with van der Waals surface area (Å²) in [5.41, 5.74) is 1.75. The van der Waals surface area contributed by atoms with Crippen molar-refractivity contribution < 1.29 is 14.0 Å². The van der Waals surface area contributed by atoms with Crippen molar-refractivity contribution in [1.29, 1.82) is 0 Å². The maximum absolute atomic E-state index is 13.0. The van der Waals surface area contributed by atoms with Crippen LogP contribution in [0, 0.1) is 5.82 Å². The number of unbranched alkanes of at least 4 members (excludes halogenated alkanes) is 2. The van der Waals surface area contributed by atoms with Gasteiger partial charge in [-0.15, -0.1) is 10.2 Å². The summed E-state index contributed by atoms with van der Waals surface area (Å²) in [5.74, 6) is -0.248. The monoisotopic (exact) mass is 395 g/mol. The number of aromatic nitrogens is 4. The molecule has 150 valence electrons. The topological polar surface area (TPSA) is 89.8 Å². The van der Waals surface area contributed by atoms with E-state index in [1.807, 2.05) is 0 Å². The molecule has 8 heteroatoms. The first-order valence-corrected chi connectivity index (χ1v) is 9.52. The Labute approximate surface area is 167 Å². The lowest BCUT2D eigenvalue weighted by atomic mass is 10.1. The highest BCUT2D eigenvalue weighted by Gasteiger charge is 2.12. The van der Waals surface area contributed by atoms with Crippen LogP contribution in [0.2, 0.25) is 0 Å². The van der Waals surface area contributed by atoms with Crippen LogP contribution in [-0.4, -0.2) is 31.9 Å². The van der Waals surface area contributed by atoms with Gasteiger partial charge in [0.1, 0.15) is 12.4 Å². The first kappa shape index (κ1) is 20.3. The van der Waals surface area contributed by atoms with Crippen molar-refractivity contribution in [1.82, 2.24) is 20.2 Å². The quantitative estimate of drug-likeness (QED) is 0.439. The molecule has 3 rings (SSSR count). The molecule has 0 fully saturated rings. The summed E-state index contributed by atoms with van der Waals surface area (Å²) in [6.45, 7) is 2.02. The summed E-state index contributed by atoms with van der Waals surface area (Å²) in [4.78, 5) is 25.5. The predicted octanol–water partition coefficient (Wildman–Crippen LogP) is 3.88. The van der Waals surface area contributed by atoms with Crippen LogP contribution in [0.3, 0.4) is 0 Å². The first-order valence-electron chi connectivity index (χ1n) is 9.52. The van der Waals surface area contributed by atoms with Crippen LogP contribution in [0.25, 0.3) is 11.4 Å². The van der Waals surface area contributed by atoms with Crippen molar-refractivity contribution in [3.05, 3.63) is 59.9 Å². The lowest BCUT2D eigenvalue weighted by Crippen LogP contribution is -2.14. The molecule has 0 atom stereocenters. The van der Waals surface area contributed by atoms with E-state index in [2.05, 4.69) is 27.7 Å². The number of hydrogen-bond acceptors (Lipinski definition) is 5. The molecular weight excluding hydrogens is 373 g/mol. The molecule has 0 bridgehead atoms. The maximum Gasteiger partial charge on any atom is 0.224 e. The van der Waals surface area contributed by atoms with Crippen molar-refractivity contribution in [2.75, 3.05) is 5.32 Å². The van der Waals surface area contributed by atoms with Gasteiger partial charge in [0, 0.05) is 23.2 Å². The Morgan fingerprint density at radius 1 is 1.03 bits per heavy atom. The van der Waals surface area contributed by atoms with Gasteiger partial charge >= 0.3 is 0 Å². The zero-order chi connectivity index (χ0) is 20.6. The molecular formula is C21H22FN5O2. The zero-order valence-corrected chi connectivity index (χ0v) is 16.1. The number of halogens is 1. The van der Waals surface area contributed by atoms with Crippen molar-refractivity contribution in [3.63, 3.8) is 0 Å². The van der Waals surface area contributed by atoms with Crippen LogP contribution in [0.4, 0.5) is 10.1 Å². The van der Waals surface area contributed by atoms with Crippen LogP contribution in [-0.2, 0) is 11.3 Å². The molecule has 0 saturated carbocycles. The average molecular weight is 395 g/mol. The zero-order valence-electron chi connectivity index (χ0n) is 16.1. The second kappa shape index (κ2) is 9.68. The Bertz CT molecular complexity index is 967. The number of benzene rings is 2. The molecule has 1 aromatic heterocycles. The van der Waals surface area contributed by atoms with Gasteiger partial charge in [0.05, 0.1) is 0 Å². The molecule has 3 aromatic rings. The Morgan fingerprint density at radius 3 is 2.45 bits per heavy atom. The van der Waals surface area contributed by atoms with Crippen LogP contribution in [0.5, 0.6) is 0 Å². The minimum atomic E-state index is -0.350. The molecule has 1 N–H and O–H groups in total. The molecule has 0 saturated heterocycles. The van der Waals surface area contributed by atoms with E-state index < -0.39 is 0 Å². The average Bonchev–Trinajstić information content (AvgIpc) is 3.17. The van der Waals surface area contributed by atoms with Gasteiger partial charge in [-0.25, -0.2) is 4.39 Å². The van der Waals surface area contributed by atoms with Gasteiger partial charge in [0.15, 0.2) is 5.78 Å². The van der Waals surface area contributed by atoms with E-state index in [1.165, 1.54) is 16.9 Å². The predicted molar refractivity (Wildman–Crippen MR) is 107 cm³/mol. The maximum atomic E-state index is 13.0. The second-order valence-electron chi connectivity index (χ2n) is 6.66. The van der Waals surface area contributed by atoms with Crippen molar-refractivity contribution in [2.45, 2.75) is 39.2 Å². The third kappa shape index (κ3) is 5.78. The molecule has 0 aliphatic carbocycles. The van der Waals surface area contributed by atoms with Gasteiger partial charge in [0.2, 0.25) is 11.7 Å². The number of tetrazole rings is 1. The van der Waals surface area contributed by atoms with Gasteiger partial charge < -0.3 is 5.32 Å². The summed E-state index contributed by atoms with van der Waals surface area (Å²) in [6, 6.07) is 12.4. The van der Waals surface area contributed by atoms with Gasteiger partial charge in [0.25, 0.3) is 0 Å². The van der Waals surface area contributed by atoms with Crippen molar-refractivity contribution in [3.8, 4) is 11.4 Å². The van der Waals surface area contributed by atoms with E-state index >= 15 is 0 Å². The highest BCUT2D eigenvalue weighted by molar-refractivity contribution is 5.97. The summed E-state index contributed by atoms with van der Waals surface area (Å²) in [5, 5.41) is 14.8. The third-order valence-electron chi connectivity index (χ3n) is 4.34. The summed E-state index contributed by atoms with van der Waals surface area (Å²) < 4.78 is 13.0. The molecule has 0 unspecified atom stereocenters. The van der Waals surface area contributed by atoms with E-state index in [1.54, 1.807) is 36.4 Å². The molecule has 7 nitrogen and oxygen atoms in total. The smallest absolute Gasteiger partial charge is 0.224 e. The Hall–Kier alpha value is -3.42. The molecule has 0 radical (unpaired) electrons. The van der Waals surface area contributed by atoms with E-state index in [9.17, 15) is 14.0 Å². The fraction of sp³-hybridized carbons (Fsp3) is 0.286. The summed E-state index contributed by atoms with van der Waals surface area (Å²) in [6.07, 6.45) is 3.45.